The Balaban J connectivity index is 3.00. The number of hydrogen-bond acceptors (Lipinski definition) is 8. The van der Waals surface area contributed by atoms with E-state index >= 15 is 0 Å². The average Bonchev–Trinajstić information content (AvgIpc) is 2.41. The van der Waals surface area contributed by atoms with Crippen LogP contribution >= 0.6 is 15.6 Å². The molecule has 10 nitrogen and oxygen atoms in total. The van der Waals surface area contributed by atoms with Crippen molar-refractivity contribution in [2.24, 2.45) is 0 Å². The number of Topliss-reactive ketones (excluding diaryl/α,β-unsaturated/α-hetero) is 1. The number of carbonyl (C=O) groups excluding carboxylic acids is 2. The summed E-state index contributed by atoms with van der Waals surface area (Å²) in [5.41, 5.74) is 0. The van der Waals surface area contributed by atoms with Gasteiger partial charge in [-0.15, -0.1) is 0 Å². The van der Waals surface area contributed by atoms with E-state index in [0.717, 1.165) is 13.3 Å². The van der Waals surface area contributed by atoms with Gasteiger partial charge in [-0.2, -0.15) is 4.31 Å². The first kappa shape index (κ1) is 18.4. The summed E-state index contributed by atoms with van der Waals surface area (Å²) in [6.45, 7) is 2.79. The molecule has 2 N–H and O–H groups in total. The fraction of sp³-hybridized carbons (Fsp3) is 0.778. The predicted octanol–water partition coefficient (Wildman–Crippen LogP) is 0.920. The quantitative estimate of drug-likeness (QED) is 0.418. The van der Waals surface area contributed by atoms with Gasteiger partial charge in [0.05, 0.1) is 6.61 Å². The summed E-state index contributed by atoms with van der Waals surface area (Å²) in [7, 11) is -10.1. The van der Waals surface area contributed by atoms with E-state index in [-0.39, 0.29) is 6.61 Å². The zero-order valence-corrected chi connectivity index (χ0v) is 13.1. The average molecular weight is 346 g/mol. The second kappa shape index (κ2) is 7.11. The van der Waals surface area contributed by atoms with Crippen molar-refractivity contribution in [1.29, 1.82) is 0 Å². The second-order valence-corrected chi connectivity index (χ2v) is 7.15. The highest BCUT2D eigenvalue weighted by molar-refractivity contribution is 7.61. The molecule has 0 amide bonds. The Morgan fingerprint density at radius 3 is 2.14 bits per heavy atom. The zero-order valence-electron chi connectivity index (χ0n) is 11.3. The van der Waals surface area contributed by atoms with Crippen LogP contribution in [0.25, 0.3) is 0 Å². The molecule has 1 aliphatic heterocycles. The number of esters is 1. The highest BCUT2D eigenvalue weighted by atomic mass is 31.3. The van der Waals surface area contributed by atoms with E-state index < -0.39 is 39.6 Å². The molecule has 1 heterocycles. The van der Waals surface area contributed by atoms with Gasteiger partial charge in [0.2, 0.25) is 6.10 Å². The van der Waals surface area contributed by atoms with Gasteiger partial charge in [-0.1, -0.05) is 13.3 Å². The molecule has 1 fully saturated rings. The summed E-state index contributed by atoms with van der Waals surface area (Å²) < 4.78 is 40.4. The Kier molecular flexibility index (Phi) is 6.24. The molecule has 1 rings (SSSR count). The van der Waals surface area contributed by atoms with Crippen LogP contribution in [0.5, 0.6) is 0 Å². The Hall–Kier alpha value is -0.600. The van der Waals surface area contributed by atoms with Crippen LogP contribution in [0.1, 0.15) is 26.7 Å². The van der Waals surface area contributed by atoms with Crippen LogP contribution in [0.3, 0.4) is 0 Å². The molecule has 1 aliphatic rings. The topological polar surface area (TPSA) is 146 Å². The van der Waals surface area contributed by atoms with Gasteiger partial charge in [0.25, 0.3) is 0 Å². The molecule has 0 bridgehead atoms. The largest absolute Gasteiger partial charge is 0.482 e. The van der Waals surface area contributed by atoms with Crippen molar-refractivity contribution in [3.05, 3.63) is 0 Å². The second-order valence-electron chi connectivity index (χ2n) is 4.20. The Bertz CT molecular complexity index is 503. The van der Waals surface area contributed by atoms with Crippen molar-refractivity contribution in [2.75, 3.05) is 6.61 Å². The fourth-order valence-electron chi connectivity index (χ4n) is 1.42. The van der Waals surface area contributed by atoms with Crippen LogP contribution in [-0.4, -0.2) is 40.4 Å². The van der Waals surface area contributed by atoms with Crippen molar-refractivity contribution in [1.82, 2.24) is 0 Å². The van der Waals surface area contributed by atoms with Gasteiger partial charge < -0.3 is 14.5 Å². The summed E-state index contributed by atoms with van der Waals surface area (Å²) >= 11 is 0. The lowest BCUT2D eigenvalue weighted by molar-refractivity contribution is -0.159. The Labute approximate surface area is 120 Å². The first-order chi connectivity index (χ1) is 9.58. The molecule has 0 aromatic rings. The highest BCUT2D eigenvalue weighted by Gasteiger charge is 2.51. The van der Waals surface area contributed by atoms with Crippen LogP contribution in [-0.2, 0) is 36.8 Å². The van der Waals surface area contributed by atoms with Crippen molar-refractivity contribution in [3.8, 4) is 0 Å². The highest BCUT2D eigenvalue weighted by Crippen LogP contribution is 2.64. The van der Waals surface area contributed by atoms with Gasteiger partial charge in [-0.3, -0.25) is 13.8 Å². The number of rotatable bonds is 5. The molecular formula is C9H16O10P2. The van der Waals surface area contributed by atoms with Gasteiger partial charge in [-0.25, -0.2) is 13.9 Å². The number of ketones is 1. The van der Waals surface area contributed by atoms with E-state index in [2.05, 4.69) is 13.4 Å². The van der Waals surface area contributed by atoms with Gasteiger partial charge in [0, 0.05) is 0 Å². The maximum absolute atomic E-state index is 11.8. The maximum Gasteiger partial charge on any atom is 0.482 e. The Morgan fingerprint density at radius 2 is 1.67 bits per heavy atom. The SMILES string of the molecule is CCCCOC(=O)[C@@H]1OP(=O)(O)OP(=O)(O)O[C@H]1C(C)=O. The maximum atomic E-state index is 11.8. The standard InChI is InChI=1S/C9H16O10P2/c1-3-4-5-16-9(11)8-7(6(2)10)17-20(12,13)19-21(14,15)18-8/h7-8H,3-5H2,1-2H3,(H,12,13)(H,14,15)/t7-,8+/m0/s1. The van der Waals surface area contributed by atoms with Crippen molar-refractivity contribution in [3.63, 3.8) is 0 Å². The monoisotopic (exact) mass is 346 g/mol. The number of unbranched alkanes of at least 4 members (excludes halogenated alkanes) is 1. The first-order valence-corrected chi connectivity index (χ1v) is 8.98. The summed E-state index contributed by atoms with van der Waals surface area (Å²) in [5, 5.41) is 0. The van der Waals surface area contributed by atoms with Crippen LogP contribution in [0.2, 0.25) is 0 Å². The van der Waals surface area contributed by atoms with Crippen LogP contribution in [0.15, 0.2) is 0 Å². The number of hydrogen-bond donors (Lipinski definition) is 2. The molecule has 0 aliphatic carbocycles. The molecule has 12 heteroatoms. The number of carbonyl (C=O) groups is 2. The summed E-state index contributed by atoms with van der Waals surface area (Å²) in [6.07, 6.45) is -2.62. The van der Waals surface area contributed by atoms with Crippen molar-refractivity contribution < 1.29 is 46.6 Å². The molecule has 122 valence electrons. The Morgan fingerprint density at radius 1 is 1.14 bits per heavy atom. The molecule has 1 saturated heterocycles. The summed E-state index contributed by atoms with van der Waals surface area (Å²) in [4.78, 5) is 41.7. The molecule has 21 heavy (non-hydrogen) atoms. The van der Waals surface area contributed by atoms with E-state index in [1.54, 1.807) is 0 Å². The van der Waals surface area contributed by atoms with Gasteiger partial charge in [-0.05, 0) is 13.3 Å². The van der Waals surface area contributed by atoms with E-state index in [1.165, 1.54) is 0 Å². The van der Waals surface area contributed by atoms with Gasteiger partial charge >= 0.3 is 21.6 Å². The number of ether oxygens (including phenoxy) is 1. The molecule has 0 spiro atoms. The zero-order chi connectivity index (χ0) is 16.3. The molecule has 0 radical (unpaired) electrons. The third kappa shape index (κ3) is 5.60. The lowest BCUT2D eigenvalue weighted by atomic mass is 10.1. The predicted molar refractivity (Wildman–Crippen MR) is 67.0 cm³/mol. The number of phosphoric ester groups is 2. The molecule has 2 unspecified atom stereocenters. The number of phosphoric acid groups is 2. The van der Waals surface area contributed by atoms with Crippen LogP contribution < -0.4 is 0 Å². The molecular weight excluding hydrogens is 330 g/mol. The summed E-state index contributed by atoms with van der Waals surface area (Å²) in [5.74, 6) is -2.03. The minimum atomic E-state index is -5.07. The molecule has 4 atom stereocenters. The van der Waals surface area contributed by atoms with Crippen LogP contribution in [0.4, 0.5) is 0 Å². The van der Waals surface area contributed by atoms with Crippen LogP contribution in [0, 0.1) is 0 Å². The van der Waals surface area contributed by atoms with Gasteiger partial charge in [0.15, 0.2) is 11.9 Å². The summed E-state index contributed by atoms with van der Waals surface area (Å²) in [6, 6.07) is 0. The normalized spacial score (nSPS) is 36.8. The molecule has 0 saturated carbocycles. The minimum Gasteiger partial charge on any atom is -0.464 e. The fourth-order valence-corrected chi connectivity index (χ4v) is 3.80. The van der Waals surface area contributed by atoms with Crippen molar-refractivity contribution in [2.45, 2.75) is 38.9 Å². The first-order valence-electron chi connectivity index (χ1n) is 5.99. The molecule has 0 aromatic heterocycles. The molecule has 0 aromatic carbocycles. The van der Waals surface area contributed by atoms with E-state index in [0.29, 0.717) is 6.42 Å². The van der Waals surface area contributed by atoms with E-state index in [4.69, 9.17) is 4.74 Å². The smallest absolute Gasteiger partial charge is 0.464 e. The third-order valence-corrected chi connectivity index (χ3v) is 4.99. The van der Waals surface area contributed by atoms with Gasteiger partial charge in [0.1, 0.15) is 0 Å². The lowest BCUT2D eigenvalue weighted by Gasteiger charge is -2.20. The minimum absolute atomic E-state index is 0.00675. The van der Waals surface area contributed by atoms with Crippen molar-refractivity contribution >= 4 is 27.4 Å². The van der Waals surface area contributed by atoms with E-state index in [9.17, 15) is 28.5 Å². The van der Waals surface area contributed by atoms with E-state index in [1.807, 2.05) is 6.92 Å². The third-order valence-electron chi connectivity index (χ3n) is 2.35. The lowest BCUT2D eigenvalue weighted by Crippen LogP contribution is -2.41.